The highest BCUT2D eigenvalue weighted by Crippen LogP contribution is 2.38. The minimum absolute atomic E-state index is 0.701. The summed E-state index contributed by atoms with van der Waals surface area (Å²) in [7, 11) is 3.29. The fourth-order valence-electron chi connectivity index (χ4n) is 3.83. The van der Waals surface area contributed by atoms with Gasteiger partial charge in [0, 0.05) is 27.4 Å². The second-order valence-corrected chi connectivity index (χ2v) is 6.80. The van der Waals surface area contributed by atoms with Gasteiger partial charge in [-0.15, -0.1) is 0 Å². The molecule has 0 atom stereocenters. The van der Waals surface area contributed by atoms with Gasteiger partial charge < -0.3 is 13.9 Å². The van der Waals surface area contributed by atoms with Gasteiger partial charge in [0.25, 0.3) is 0 Å². The van der Waals surface area contributed by atoms with Crippen molar-refractivity contribution in [2.24, 2.45) is 0 Å². The van der Waals surface area contributed by atoms with E-state index in [0.717, 1.165) is 49.7 Å². The molecule has 0 radical (unpaired) electrons. The van der Waals surface area contributed by atoms with Crippen molar-refractivity contribution in [2.75, 3.05) is 14.2 Å². The number of benzene rings is 3. The molecule has 0 unspecified atom stereocenters. The van der Waals surface area contributed by atoms with Crippen molar-refractivity contribution in [1.82, 2.24) is 4.98 Å². The van der Waals surface area contributed by atoms with Gasteiger partial charge in [-0.25, -0.2) is 0 Å². The number of aryl methyl sites for hydroxylation is 1. The van der Waals surface area contributed by atoms with Crippen molar-refractivity contribution in [3.05, 3.63) is 66.4 Å². The topological polar surface area (TPSA) is 44.5 Å². The first-order valence-electron chi connectivity index (χ1n) is 9.13. The fraction of sp³-hybridized carbons (Fsp3) is 0.125. The third-order valence-electron chi connectivity index (χ3n) is 5.21. The molecule has 0 saturated carbocycles. The van der Waals surface area contributed by atoms with Crippen molar-refractivity contribution in [2.45, 2.75) is 6.92 Å². The van der Waals surface area contributed by atoms with Crippen LogP contribution in [0.3, 0.4) is 0 Å². The highest BCUT2D eigenvalue weighted by atomic mass is 16.5. The van der Waals surface area contributed by atoms with Crippen LogP contribution in [0.25, 0.3) is 44.0 Å². The van der Waals surface area contributed by atoms with E-state index in [9.17, 15) is 0 Å². The van der Waals surface area contributed by atoms with Crippen molar-refractivity contribution in [1.29, 1.82) is 0 Å². The van der Waals surface area contributed by atoms with Crippen LogP contribution in [-0.2, 0) is 0 Å². The summed E-state index contributed by atoms with van der Waals surface area (Å²) in [6.45, 7) is 2.01. The monoisotopic (exact) mass is 369 g/mol. The molecule has 5 aromatic rings. The minimum atomic E-state index is 0.701. The van der Waals surface area contributed by atoms with Gasteiger partial charge in [0.2, 0.25) is 0 Å². The van der Waals surface area contributed by atoms with Crippen LogP contribution in [0.2, 0.25) is 0 Å². The summed E-state index contributed by atoms with van der Waals surface area (Å²) in [6, 6.07) is 20.3. The number of hydrogen-bond acceptors (Lipinski definition) is 4. The molecule has 2 heterocycles. The number of hydrogen-bond donors (Lipinski definition) is 0. The second kappa shape index (κ2) is 6.27. The van der Waals surface area contributed by atoms with E-state index >= 15 is 0 Å². The molecule has 0 aliphatic rings. The Labute approximate surface area is 162 Å². The Kier molecular flexibility index (Phi) is 3.72. The average molecular weight is 369 g/mol. The first-order valence-corrected chi connectivity index (χ1v) is 9.13. The van der Waals surface area contributed by atoms with E-state index in [4.69, 9.17) is 18.9 Å². The van der Waals surface area contributed by atoms with Gasteiger partial charge in [-0.2, -0.15) is 0 Å². The standard InChI is InChI=1S/C24H19NO3/c1-14-19-13-23(27-3)22(26-2)12-15(19)11-20(25-14)18-9-6-8-17-16-7-4-5-10-21(16)28-24(17)18/h4-13H,1-3H3. The predicted octanol–water partition coefficient (Wildman–Crippen LogP) is 6.13. The predicted molar refractivity (Wildman–Crippen MR) is 112 cm³/mol. The molecule has 28 heavy (non-hydrogen) atoms. The highest BCUT2D eigenvalue weighted by Gasteiger charge is 2.15. The summed E-state index contributed by atoms with van der Waals surface area (Å²) in [5.41, 5.74) is 4.53. The van der Waals surface area contributed by atoms with Gasteiger partial charge in [0.1, 0.15) is 11.2 Å². The lowest BCUT2D eigenvalue weighted by Gasteiger charge is -2.12. The zero-order valence-corrected chi connectivity index (χ0v) is 15.9. The lowest BCUT2D eigenvalue weighted by atomic mass is 10.0. The van der Waals surface area contributed by atoms with E-state index < -0.39 is 0 Å². The Balaban J connectivity index is 1.79. The largest absolute Gasteiger partial charge is 0.493 e. The lowest BCUT2D eigenvalue weighted by Crippen LogP contribution is -1.94. The van der Waals surface area contributed by atoms with Gasteiger partial charge in [-0.05, 0) is 42.6 Å². The van der Waals surface area contributed by atoms with Gasteiger partial charge in [-0.1, -0.05) is 30.3 Å². The number of aromatic nitrogens is 1. The Hall–Kier alpha value is -3.53. The maximum absolute atomic E-state index is 6.19. The normalized spacial score (nSPS) is 11.4. The van der Waals surface area contributed by atoms with Crippen LogP contribution >= 0.6 is 0 Å². The van der Waals surface area contributed by atoms with Crippen LogP contribution < -0.4 is 9.47 Å². The molecular weight excluding hydrogens is 350 g/mol. The number of para-hydroxylation sites is 2. The van der Waals surface area contributed by atoms with Crippen LogP contribution in [0, 0.1) is 6.92 Å². The molecule has 0 amide bonds. The maximum Gasteiger partial charge on any atom is 0.161 e. The Morgan fingerprint density at radius 2 is 1.54 bits per heavy atom. The number of fused-ring (bicyclic) bond motifs is 4. The van der Waals surface area contributed by atoms with E-state index in [1.165, 1.54) is 0 Å². The summed E-state index contributed by atoms with van der Waals surface area (Å²) in [5.74, 6) is 1.40. The number of nitrogens with zero attached hydrogens (tertiary/aromatic N) is 1. The molecule has 4 nitrogen and oxygen atoms in total. The Bertz CT molecular complexity index is 1350. The molecule has 0 saturated heterocycles. The summed E-state index contributed by atoms with van der Waals surface area (Å²) in [4.78, 5) is 4.87. The van der Waals surface area contributed by atoms with E-state index in [1.807, 2.05) is 37.3 Å². The summed E-state index contributed by atoms with van der Waals surface area (Å²) < 4.78 is 17.1. The first kappa shape index (κ1) is 16.6. The molecule has 0 N–H and O–H groups in total. The van der Waals surface area contributed by atoms with Crippen molar-refractivity contribution >= 4 is 32.7 Å². The van der Waals surface area contributed by atoms with E-state index in [1.54, 1.807) is 14.2 Å². The highest BCUT2D eigenvalue weighted by molar-refractivity contribution is 6.09. The quantitative estimate of drug-likeness (QED) is 0.384. The van der Waals surface area contributed by atoms with Gasteiger partial charge in [-0.3, -0.25) is 4.98 Å². The number of furan rings is 1. The zero-order valence-electron chi connectivity index (χ0n) is 15.9. The Morgan fingerprint density at radius 3 is 2.36 bits per heavy atom. The van der Waals surface area contributed by atoms with Gasteiger partial charge >= 0.3 is 0 Å². The Morgan fingerprint density at radius 1 is 0.786 bits per heavy atom. The van der Waals surface area contributed by atoms with Crippen LogP contribution in [0.15, 0.2) is 65.1 Å². The van der Waals surface area contributed by atoms with E-state index in [0.29, 0.717) is 11.5 Å². The summed E-state index contributed by atoms with van der Waals surface area (Å²) in [5, 5.41) is 4.30. The average Bonchev–Trinajstić information content (AvgIpc) is 3.11. The maximum atomic E-state index is 6.19. The van der Waals surface area contributed by atoms with Crippen LogP contribution in [0.5, 0.6) is 11.5 Å². The molecule has 0 aliphatic heterocycles. The first-order chi connectivity index (χ1) is 13.7. The molecule has 4 heteroatoms. The SMILES string of the molecule is COc1cc2cc(-c3cccc4c3oc3ccccc34)nc(C)c2cc1OC. The molecule has 138 valence electrons. The molecule has 5 rings (SSSR count). The van der Waals surface area contributed by atoms with Crippen molar-refractivity contribution < 1.29 is 13.9 Å². The number of rotatable bonds is 3. The van der Waals surface area contributed by atoms with Crippen LogP contribution in [-0.4, -0.2) is 19.2 Å². The third-order valence-corrected chi connectivity index (χ3v) is 5.21. The van der Waals surface area contributed by atoms with Gasteiger partial charge in [0.15, 0.2) is 11.5 Å². The zero-order chi connectivity index (χ0) is 19.3. The molecule has 2 aromatic heterocycles. The van der Waals surface area contributed by atoms with Crippen LogP contribution in [0.1, 0.15) is 5.69 Å². The molecule has 0 aliphatic carbocycles. The third kappa shape index (κ3) is 2.42. The summed E-state index contributed by atoms with van der Waals surface area (Å²) >= 11 is 0. The summed E-state index contributed by atoms with van der Waals surface area (Å²) in [6.07, 6.45) is 0. The molecule has 0 fully saturated rings. The number of ether oxygens (including phenoxy) is 2. The fourth-order valence-corrected chi connectivity index (χ4v) is 3.83. The van der Waals surface area contributed by atoms with Crippen molar-refractivity contribution in [3.8, 4) is 22.8 Å². The van der Waals surface area contributed by atoms with Crippen molar-refractivity contribution in [3.63, 3.8) is 0 Å². The van der Waals surface area contributed by atoms with Gasteiger partial charge in [0.05, 0.1) is 19.9 Å². The minimum Gasteiger partial charge on any atom is -0.493 e. The van der Waals surface area contributed by atoms with E-state index in [2.05, 4.69) is 30.3 Å². The molecule has 3 aromatic carbocycles. The molecular formula is C24H19NO3. The molecule has 0 spiro atoms. The number of methoxy groups -OCH3 is 2. The second-order valence-electron chi connectivity index (χ2n) is 6.80. The van der Waals surface area contributed by atoms with E-state index in [-0.39, 0.29) is 0 Å². The molecule has 0 bridgehead atoms. The lowest BCUT2D eigenvalue weighted by molar-refractivity contribution is 0.356. The smallest absolute Gasteiger partial charge is 0.161 e. The number of pyridine rings is 1. The van der Waals surface area contributed by atoms with Crippen LogP contribution in [0.4, 0.5) is 0 Å².